The fraction of sp³-hybridized carbons (Fsp3) is 0.308. The molecule has 0 aromatic heterocycles. The number of methoxy groups -OCH3 is 1. The third kappa shape index (κ3) is 3.69. The Bertz CT molecular complexity index is 439. The minimum Gasteiger partial charge on any atom is -0.468 e. The van der Waals surface area contributed by atoms with Gasteiger partial charge in [-0.25, -0.2) is 0 Å². The van der Waals surface area contributed by atoms with Crippen LogP contribution in [0.5, 0.6) is 0 Å². The molecule has 1 aromatic rings. The van der Waals surface area contributed by atoms with Gasteiger partial charge >= 0.3 is 5.97 Å². The fourth-order valence-corrected chi connectivity index (χ4v) is 1.41. The molecule has 0 saturated heterocycles. The van der Waals surface area contributed by atoms with Crippen molar-refractivity contribution >= 4 is 18.2 Å². The minimum atomic E-state index is -0.558. The number of hydrogen-bond donors (Lipinski definition) is 0. The quantitative estimate of drug-likeness (QED) is 0.572. The Morgan fingerprint density at radius 3 is 2.39 bits per heavy atom. The second kappa shape index (κ2) is 6.54. The standard InChI is InChI=1S/C13H15NO4/c1-10-3-5-11(6-4-10)13(17)14(7-8-15)9-12(16)18-2/h3-6,8H,7,9H2,1-2H3. The van der Waals surface area contributed by atoms with Crippen molar-refractivity contribution < 1.29 is 19.1 Å². The molecular weight excluding hydrogens is 234 g/mol. The molecule has 0 fully saturated rings. The Kier molecular flexibility index (Phi) is 5.05. The number of nitrogens with zero attached hydrogens (tertiary/aromatic N) is 1. The number of esters is 1. The van der Waals surface area contributed by atoms with Crippen molar-refractivity contribution in [3.8, 4) is 0 Å². The summed E-state index contributed by atoms with van der Waals surface area (Å²) in [6.45, 7) is 1.54. The average Bonchev–Trinajstić information content (AvgIpc) is 2.38. The van der Waals surface area contributed by atoms with Gasteiger partial charge in [0.05, 0.1) is 13.7 Å². The van der Waals surface area contributed by atoms with Crippen molar-refractivity contribution in [2.24, 2.45) is 0 Å². The average molecular weight is 249 g/mol. The lowest BCUT2D eigenvalue weighted by Crippen LogP contribution is -2.37. The Labute approximate surface area is 105 Å². The number of carbonyl (C=O) groups excluding carboxylic acids is 3. The van der Waals surface area contributed by atoms with Crippen LogP contribution in [0.15, 0.2) is 24.3 Å². The monoisotopic (exact) mass is 249 g/mol. The van der Waals surface area contributed by atoms with E-state index in [1.54, 1.807) is 24.3 Å². The van der Waals surface area contributed by atoms with Crippen molar-refractivity contribution in [2.45, 2.75) is 6.92 Å². The Balaban J connectivity index is 2.84. The maximum atomic E-state index is 12.1. The van der Waals surface area contributed by atoms with Crippen LogP contribution in [0.3, 0.4) is 0 Å². The Morgan fingerprint density at radius 1 is 1.28 bits per heavy atom. The van der Waals surface area contributed by atoms with Crippen molar-refractivity contribution in [2.75, 3.05) is 20.2 Å². The lowest BCUT2D eigenvalue weighted by atomic mass is 10.1. The van der Waals surface area contributed by atoms with Gasteiger partial charge in [0.25, 0.3) is 5.91 Å². The third-order valence-corrected chi connectivity index (χ3v) is 2.43. The lowest BCUT2D eigenvalue weighted by molar-refractivity contribution is -0.141. The zero-order chi connectivity index (χ0) is 13.5. The first-order valence-electron chi connectivity index (χ1n) is 5.45. The van der Waals surface area contributed by atoms with Crippen LogP contribution in [0.4, 0.5) is 0 Å². The van der Waals surface area contributed by atoms with Crippen LogP contribution in [0, 0.1) is 6.92 Å². The molecule has 18 heavy (non-hydrogen) atoms. The number of ether oxygens (including phenoxy) is 1. The van der Waals surface area contributed by atoms with Crippen LogP contribution >= 0.6 is 0 Å². The number of hydrogen-bond acceptors (Lipinski definition) is 4. The van der Waals surface area contributed by atoms with E-state index < -0.39 is 5.97 Å². The molecule has 0 aliphatic rings. The maximum Gasteiger partial charge on any atom is 0.325 e. The van der Waals surface area contributed by atoms with Gasteiger partial charge in [-0.2, -0.15) is 0 Å². The predicted molar refractivity (Wildman–Crippen MR) is 65.2 cm³/mol. The highest BCUT2D eigenvalue weighted by molar-refractivity contribution is 5.96. The predicted octanol–water partition coefficient (Wildman–Crippen LogP) is 0.809. The molecule has 0 atom stereocenters. The number of carbonyl (C=O) groups is 3. The van der Waals surface area contributed by atoms with Gasteiger partial charge < -0.3 is 14.4 Å². The van der Waals surface area contributed by atoms with Gasteiger partial charge in [-0.05, 0) is 19.1 Å². The molecular formula is C13H15NO4. The Morgan fingerprint density at radius 2 is 1.89 bits per heavy atom. The molecule has 5 nitrogen and oxygen atoms in total. The zero-order valence-corrected chi connectivity index (χ0v) is 10.4. The largest absolute Gasteiger partial charge is 0.468 e. The van der Waals surface area contributed by atoms with E-state index in [-0.39, 0.29) is 19.0 Å². The van der Waals surface area contributed by atoms with E-state index in [0.29, 0.717) is 11.8 Å². The minimum absolute atomic E-state index is 0.137. The molecule has 0 N–H and O–H groups in total. The van der Waals surface area contributed by atoms with E-state index in [4.69, 9.17) is 0 Å². The van der Waals surface area contributed by atoms with E-state index in [1.165, 1.54) is 7.11 Å². The highest BCUT2D eigenvalue weighted by atomic mass is 16.5. The van der Waals surface area contributed by atoms with Crippen molar-refractivity contribution in [1.82, 2.24) is 4.90 Å². The van der Waals surface area contributed by atoms with Crippen molar-refractivity contribution in [3.63, 3.8) is 0 Å². The van der Waals surface area contributed by atoms with E-state index >= 15 is 0 Å². The molecule has 0 aliphatic carbocycles. The van der Waals surface area contributed by atoms with Crippen LogP contribution in [0.25, 0.3) is 0 Å². The molecule has 1 aromatic carbocycles. The third-order valence-electron chi connectivity index (χ3n) is 2.43. The summed E-state index contributed by atoms with van der Waals surface area (Å²) in [5.41, 5.74) is 1.47. The molecule has 1 amide bonds. The van der Waals surface area contributed by atoms with Gasteiger partial charge in [0.1, 0.15) is 12.8 Å². The summed E-state index contributed by atoms with van der Waals surface area (Å²) in [6, 6.07) is 6.91. The summed E-state index contributed by atoms with van der Waals surface area (Å²) >= 11 is 0. The number of aryl methyl sites for hydroxylation is 1. The molecule has 0 saturated carbocycles. The molecule has 0 spiro atoms. The number of amides is 1. The van der Waals surface area contributed by atoms with Gasteiger partial charge in [0.15, 0.2) is 0 Å². The van der Waals surface area contributed by atoms with Gasteiger partial charge in [0, 0.05) is 5.56 Å². The van der Waals surface area contributed by atoms with E-state index in [1.807, 2.05) is 6.92 Å². The van der Waals surface area contributed by atoms with Crippen LogP contribution < -0.4 is 0 Å². The van der Waals surface area contributed by atoms with Gasteiger partial charge in [-0.1, -0.05) is 17.7 Å². The van der Waals surface area contributed by atoms with Gasteiger partial charge in [0.2, 0.25) is 0 Å². The normalized spacial score (nSPS) is 9.67. The number of rotatable bonds is 5. The van der Waals surface area contributed by atoms with Crippen LogP contribution in [-0.4, -0.2) is 43.3 Å². The van der Waals surface area contributed by atoms with E-state index in [0.717, 1.165) is 10.5 Å². The molecule has 96 valence electrons. The highest BCUT2D eigenvalue weighted by Crippen LogP contribution is 2.07. The van der Waals surface area contributed by atoms with Gasteiger partial charge in [-0.15, -0.1) is 0 Å². The molecule has 0 radical (unpaired) electrons. The van der Waals surface area contributed by atoms with E-state index in [2.05, 4.69) is 4.74 Å². The van der Waals surface area contributed by atoms with Crippen LogP contribution in [-0.2, 0) is 14.3 Å². The first kappa shape index (κ1) is 13.9. The van der Waals surface area contributed by atoms with Crippen LogP contribution in [0.1, 0.15) is 15.9 Å². The second-order valence-electron chi connectivity index (χ2n) is 3.79. The first-order chi connectivity index (χ1) is 8.58. The molecule has 0 unspecified atom stereocenters. The summed E-state index contributed by atoms with van der Waals surface area (Å²) in [7, 11) is 1.23. The first-order valence-corrected chi connectivity index (χ1v) is 5.45. The molecule has 0 aliphatic heterocycles. The number of benzene rings is 1. The maximum absolute atomic E-state index is 12.1. The zero-order valence-electron chi connectivity index (χ0n) is 10.4. The van der Waals surface area contributed by atoms with Crippen LogP contribution in [0.2, 0.25) is 0 Å². The second-order valence-corrected chi connectivity index (χ2v) is 3.79. The SMILES string of the molecule is COC(=O)CN(CC=O)C(=O)c1ccc(C)cc1. The molecule has 0 bridgehead atoms. The summed E-state index contributed by atoms with van der Waals surface area (Å²) in [4.78, 5) is 34.9. The smallest absolute Gasteiger partial charge is 0.325 e. The fourth-order valence-electron chi connectivity index (χ4n) is 1.41. The number of aldehydes is 1. The summed E-state index contributed by atoms with van der Waals surface area (Å²) in [6.07, 6.45) is 0.578. The summed E-state index contributed by atoms with van der Waals surface area (Å²) in [5.74, 6) is -0.926. The molecule has 0 heterocycles. The Hall–Kier alpha value is -2.17. The summed E-state index contributed by atoms with van der Waals surface area (Å²) in [5, 5.41) is 0. The lowest BCUT2D eigenvalue weighted by Gasteiger charge is -2.18. The summed E-state index contributed by atoms with van der Waals surface area (Å²) < 4.78 is 4.48. The van der Waals surface area contributed by atoms with Crippen molar-refractivity contribution in [3.05, 3.63) is 35.4 Å². The van der Waals surface area contributed by atoms with Crippen molar-refractivity contribution in [1.29, 1.82) is 0 Å². The molecule has 5 heteroatoms. The van der Waals surface area contributed by atoms with E-state index in [9.17, 15) is 14.4 Å². The molecule has 1 rings (SSSR count). The highest BCUT2D eigenvalue weighted by Gasteiger charge is 2.18. The van der Waals surface area contributed by atoms with Gasteiger partial charge in [-0.3, -0.25) is 9.59 Å². The topological polar surface area (TPSA) is 63.7 Å².